The molecule has 4 nitrogen and oxygen atoms in total. The van der Waals surface area contributed by atoms with E-state index in [9.17, 15) is 19.1 Å². The Hall–Kier alpha value is -2.35. The van der Waals surface area contributed by atoms with Gasteiger partial charge in [-0.25, -0.2) is 4.39 Å². The highest BCUT2D eigenvalue weighted by atomic mass is 19.1. The van der Waals surface area contributed by atoms with Crippen molar-refractivity contribution in [3.63, 3.8) is 0 Å². The largest absolute Gasteiger partial charge is 0.480 e. The predicted octanol–water partition coefficient (Wildman–Crippen LogP) is 2.51. The van der Waals surface area contributed by atoms with Gasteiger partial charge in [0.05, 0.1) is 6.61 Å². The zero-order valence-corrected chi connectivity index (χ0v) is 12.0. The molecule has 0 amide bonds. The lowest BCUT2D eigenvalue weighted by Crippen LogP contribution is -2.45. The van der Waals surface area contributed by atoms with Crippen LogP contribution < -0.4 is 0 Å². The Bertz CT molecular complexity index is 585. The Kier molecular flexibility index (Phi) is 5.92. The van der Waals surface area contributed by atoms with Gasteiger partial charge in [0.2, 0.25) is 0 Å². The minimum Gasteiger partial charge on any atom is -0.480 e. The molecule has 0 bridgehead atoms. The van der Waals surface area contributed by atoms with Crippen LogP contribution in [0.4, 0.5) is 4.39 Å². The Morgan fingerprint density at radius 2 is 2.14 bits per heavy atom. The summed E-state index contributed by atoms with van der Waals surface area (Å²) in [6, 6.07) is 5.01. The molecule has 0 fully saturated rings. The summed E-state index contributed by atoms with van der Waals surface area (Å²) in [5, 5.41) is 9.59. The first-order valence-corrected chi connectivity index (χ1v) is 6.55. The van der Waals surface area contributed by atoms with Crippen LogP contribution in [0.2, 0.25) is 0 Å². The van der Waals surface area contributed by atoms with Crippen LogP contribution in [0.5, 0.6) is 0 Å². The van der Waals surface area contributed by atoms with Crippen LogP contribution in [0.1, 0.15) is 32.3 Å². The van der Waals surface area contributed by atoms with Gasteiger partial charge in [0.1, 0.15) is 5.82 Å². The highest BCUT2D eigenvalue weighted by Crippen LogP contribution is 2.32. The predicted molar refractivity (Wildman–Crippen MR) is 75.0 cm³/mol. The van der Waals surface area contributed by atoms with Crippen LogP contribution in [0.15, 0.2) is 24.3 Å². The maximum atomic E-state index is 13.4. The smallest absolute Gasteiger partial charge is 0.328 e. The van der Waals surface area contributed by atoms with E-state index in [-0.39, 0.29) is 25.0 Å². The van der Waals surface area contributed by atoms with Gasteiger partial charge in [0, 0.05) is 6.42 Å². The summed E-state index contributed by atoms with van der Waals surface area (Å²) < 4.78 is 18.3. The van der Waals surface area contributed by atoms with Crippen molar-refractivity contribution in [3.8, 4) is 11.8 Å². The molecule has 0 spiro atoms. The summed E-state index contributed by atoms with van der Waals surface area (Å²) in [4.78, 5) is 24.0. The first kappa shape index (κ1) is 16.7. The van der Waals surface area contributed by atoms with Crippen molar-refractivity contribution in [1.82, 2.24) is 0 Å². The topological polar surface area (TPSA) is 63.6 Å². The molecule has 112 valence electrons. The number of hydrogen-bond donors (Lipinski definition) is 1. The Balaban J connectivity index is 3.38. The zero-order chi connectivity index (χ0) is 15.9. The highest BCUT2D eigenvalue weighted by Gasteiger charge is 2.49. The number of hydrogen-bond acceptors (Lipinski definition) is 3. The van der Waals surface area contributed by atoms with Gasteiger partial charge in [0.15, 0.2) is 5.41 Å². The quantitative estimate of drug-likeness (QED) is 0.497. The standard InChI is InChI=1S/C16H17FO4/c1-3-5-6-10-16(14(18)19,15(20)21-4-2)12-8-7-9-13(17)11-12/h7-9,11H,4,6,10H2,1-2H3,(H,18,19). The van der Waals surface area contributed by atoms with E-state index in [1.165, 1.54) is 18.2 Å². The van der Waals surface area contributed by atoms with E-state index in [1.54, 1.807) is 13.8 Å². The van der Waals surface area contributed by atoms with Gasteiger partial charge in [-0.1, -0.05) is 12.1 Å². The fourth-order valence-electron chi connectivity index (χ4n) is 2.07. The molecule has 0 radical (unpaired) electrons. The Labute approximate surface area is 122 Å². The molecule has 21 heavy (non-hydrogen) atoms. The lowest BCUT2D eigenvalue weighted by Gasteiger charge is -2.27. The molecule has 0 aromatic heterocycles. The fraction of sp³-hybridized carbons (Fsp3) is 0.375. The third-order valence-corrected chi connectivity index (χ3v) is 3.11. The van der Waals surface area contributed by atoms with Crippen LogP contribution >= 0.6 is 0 Å². The van der Waals surface area contributed by atoms with Gasteiger partial charge < -0.3 is 9.84 Å². The van der Waals surface area contributed by atoms with Gasteiger partial charge in [0.25, 0.3) is 0 Å². The molecule has 1 rings (SSSR count). The number of ether oxygens (including phenoxy) is 1. The summed E-state index contributed by atoms with van der Waals surface area (Å²) in [6.07, 6.45) is 0.115. The molecule has 1 atom stereocenters. The third-order valence-electron chi connectivity index (χ3n) is 3.11. The van der Waals surface area contributed by atoms with E-state index < -0.39 is 23.2 Å². The Morgan fingerprint density at radius 3 is 2.67 bits per heavy atom. The number of esters is 1. The minimum absolute atomic E-state index is 0.0443. The molecule has 1 aromatic rings. The second-order valence-electron chi connectivity index (χ2n) is 4.37. The van der Waals surface area contributed by atoms with E-state index in [2.05, 4.69) is 11.8 Å². The number of carbonyl (C=O) groups excluding carboxylic acids is 1. The van der Waals surface area contributed by atoms with Crippen molar-refractivity contribution < 1.29 is 23.8 Å². The van der Waals surface area contributed by atoms with E-state index in [0.717, 1.165) is 6.07 Å². The van der Waals surface area contributed by atoms with Gasteiger partial charge in [-0.05, 0) is 38.0 Å². The van der Waals surface area contributed by atoms with Crippen molar-refractivity contribution >= 4 is 11.9 Å². The average molecular weight is 292 g/mol. The van der Waals surface area contributed by atoms with E-state index in [4.69, 9.17) is 4.74 Å². The highest BCUT2D eigenvalue weighted by molar-refractivity contribution is 6.05. The second-order valence-corrected chi connectivity index (χ2v) is 4.37. The maximum absolute atomic E-state index is 13.4. The van der Waals surface area contributed by atoms with Crippen LogP contribution in [0, 0.1) is 17.7 Å². The van der Waals surface area contributed by atoms with E-state index >= 15 is 0 Å². The van der Waals surface area contributed by atoms with Crippen molar-refractivity contribution in [1.29, 1.82) is 0 Å². The van der Waals surface area contributed by atoms with Gasteiger partial charge >= 0.3 is 11.9 Å². The number of benzene rings is 1. The molecular weight excluding hydrogens is 275 g/mol. The third kappa shape index (κ3) is 3.60. The van der Waals surface area contributed by atoms with Crippen molar-refractivity contribution in [2.45, 2.75) is 32.1 Å². The van der Waals surface area contributed by atoms with Crippen LogP contribution in [0.25, 0.3) is 0 Å². The molecular formula is C16H17FO4. The number of halogens is 1. The van der Waals surface area contributed by atoms with Crippen LogP contribution in [0.3, 0.4) is 0 Å². The van der Waals surface area contributed by atoms with Crippen molar-refractivity contribution in [2.24, 2.45) is 0 Å². The number of aliphatic carboxylic acids is 1. The number of carbonyl (C=O) groups is 2. The molecule has 0 aliphatic carbocycles. The summed E-state index contributed by atoms with van der Waals surface area (Å²) in [7, 11) is 0. The molecule has 5 heteroatoms. The van der Waals surface area contributed by atoms with Crippen molar-refractivity contribution in [2.75, 3.05) is 6.61 Å². The lowest BCUT2D eigenvalue weighted by atomic mass is 9.76. The summed E-state index contributed by atoms with van der Waals surface area (Å²) in [5.74, 6) is 2.49. The zero-order valence-electron chi connectivity index (χ0n) is 12.0. The van der Waals surface area contributed by atoms with Crippen molar-refractivity contribution in [3.05, 3.63) is 35.6 Å². The molecule has 0 saturated carbocycles. The molecule has 0 aliphatic rings. The first-order chi connectivity index (χ1) is 9.98. The van der Waals surface area contributed by atoms with Crippen LogP contribution in [-0.2, 0) is 19.7 Å². The first-order valence-electron chi connectivity index (χ1n) is 6.55. The summed E-state index contributed by atoms with van der Waals surface area (Å²) >= 11 is 0. The molecule has 1 unspecified atom stereocenters. The van der Waals surface area contributed by atoms with E-state index in [1.807, 2.05) is 0 Å². The van der Waals surface area contributed by atoms with E-state index in [0.29, 0.717) is 0 Å². The maximum Gasteiger partial charge on any atom is 0.328 e. The Morgan fingerprint density at radius 1 is 1.43 bits per heavy atom. The normalized spacial score (nSPS) is 12.7. The summed E-state index contributed by atoms with van der Waals surface area (Å²) in [5.41, 5.74) is -1.88. The molecule has 0 heterocycles. The molecule has 0 aliphatic heterocycles. The average Bonchev–Trinajstić information content (AvgIpc) is 2.43. The monoisotopic (exact) mass is 292 g/mol. The lowest BCUT2D eigenvalue weighted by molar-refractivity contribution is -0.162. The summed E-state index contributed by atoms with van der Waals surface area (Å²) in [6.45, 7) is 3.25. The SMILES string of the molecule is CC#CCCC(C(=O)O)(C(=O)OCC)c1cccc(F)c1. The number of carboxylic acid groups (broad SMARTS) is 1. The number of carboxylic acids is 1. The van der Waals surface area contributed by atoms with Crippen LogP contribution in [-0.4, -0.2) is 23.7 Å². The fourth-order valence-corrected chi connectivity index (χ4v) is 2.07. The second kappa shape index (κ2) is 7.44. The molecule has 1 aromatic carbocycles. The minimum atomic E-state index is -1.94. The molecule has 0 saturated heterocycles. The molecule has 1 N–H and O–H groups in total. The number of rotatable bonds is 6. The van der Waals surface area contributed by atoms with Gasteiger partial charge in [-0.15, -0.1) is 11.8 Å². The van der Waals surface area contributed by atoms with Gasteiger partial charge in [-0.3, -0.25) is 9.59 Å². The van der Waals surface area contributed by atoms with Gasteiger partial charge in [-0.2, -0.15) is 0 Å².